The fourth-order valence-electron chi connectivity index (χ4n) is 2.17. The van der Waals surface area contributed by atoms with E-state index in [4.69, 9.17) is 9.26 Å². The molecule has 1 amide bonds. The Bertz CT molecular complexity index is 815. The van der Waals surface area contributed by atoms with E-state index in [0.29, 0.717) is 23.9 Å². The van der Waals surface area contributed by atoms with Gasteiger partial charge in [-0.05, 0) is 38.1 Å². The summed E-state index contributed by atoms with van der Waals surface area (Å²) in [7, 11) is -3.68. The molecule has 1 heterocycles. The van der Waals surface area contributed by atoms with Gasteiger partial charge in [0.1, 0.15) is 11.5 Å². The molecule has 2 aromatic rings. The number of benzene rings is 1. The van der Waals surface area contributed by atoms with Crippen molar-refractivity contribution >= 4 is 21.7 Å². The molecular weight excluding hydrogens is 346 g/mol. The fourth-order valence-corrected chi connectivity index (χ4v) is 3.19. The van der Waals surface area contributed by atoms with E-state index in [0.717, 1.165) is 0 Å². The summed E-state index contributed by atoms with van der Waals surface area (Å²) in [4.78, 5) is 13.2. The molecule has 0 bridgehead atoms. The number of ether oxygens (including phenoxy) is 1. The van der Waals surface area contributed by atoms with Crippen LogP contribution in [0, 0.1) is 6.92 Å². The first kappa shape index (κ1) is 18.9. The zero-order chi connectivity index (χ0) is 18.4. The average Bonchev–Trinajstić information content (AvgIpc) is 2.98. The van der Waals surface area contributed by atoms with Gasteiger partial charge in [0.25, 0.3) is 0 Å². The normalized spacial score (nSPS) is 11.3. The molecule has 0 spiro atoms. The van der Waals surface area contributed by atoms with Crippen LogP contribution in [0.1, 0.15) is 19.6 Å². The molecule has 0 fully saturated rings. The molecule has 1 aromatic heterocycles. The number of nitrogens with zero attached hydrogens (tertiary/aromatic N) is 2. The number of rotatable bonds is 8. The molecule has 0 radical (unpaired) electrons. The van der Waals surface area contributed by atoms with E-state index >= 15 is 0 Å². The number of carbonyl (C=O) groups excluding carboxylic acids is 1. The van der Waals surface area contributed by atoms with Crippen molar-refractivity contribution in [3.63, 3.8) is 0 Å². The molecule has 0 aliphatic heterocycles. The Morgan fingerprint density at radius 1 is 1.32 bits per heavy atom. The van der Waals surface area contributed by atoms with Crippen LogP contribution in [-0.4, -0.2) is 39.2 Å². The predicted molar refractivity (Wildman–Crippen MR) is 92.1 cm³/mol. The molecule has 1 aromatic carbocycles. The Morgan fingerprint density at radius 2 is 2.00 bits per heavy atom. The van der Waals surface area contributed by atoms with Crippen molar-refractivity contribution < 1.29 is 22.5 Å². The highest BCUT2D eigenvalue weighted by Gasteiger charge is 2.18. The lowest BCUT2D eigenvalue weighted by Crippen LogP contribution is -2.37. The van der Waals surface area contributed by atoms with Crippen LogP contribution in [0.15, 0.2) is 39.8 Å². The zero-order valence-corrected chi connectivity index (χ0v) is 15.2. The van der Waals surface area contributed by atoms with Gasteiger partial charge in [-0.3, -0.25) is 9.69 Å². The minimum Gasteiger partial charge on any atom is -0.494 e. The fraction of sp³-hybridized carbons (Fsp3) is 0.375. The molecule has 25 heavy (non-hydrogen) atoms. The summed E-state index contributed by atoms with van der Waals surface area (Å²) in [5, 5.41) is 3.78. The molecule has 0 unspecified atom stereocenters. The van der Waals surface area contributed by atoms with Crippen molar-refractivity contribution in [1.29, 1.82) is 0 Å². The highest BCUT2D eigenvalue weighted by atomic mass is 32.2. The van der Waals surface area contributed by atoms with Gasteiger partial charge in [-0.1, -0.05) is 5.16 Å². The van der Waals surface area contributed by atoms with Crippen molar-refractivity contribution in [1.82, 2.24) is 9.88 Å². The Hall–Kier alpha value is -2.39. The van der Waals surface area contributed by atoms with Crippen molar-refractivity contribution in [3.05, 3.63) is 36.1 Å². The zero-order valence-electron chi connectivity index (χ0n) is 14.4. The summed E-state index contributed by atoms with van der Waals surface area (Å²) in [6.07, 6.45) is 0. The van der Waals surface area contributed by atoms with Crippen LogP contribution < -0.4 is 14.4 Å². The van der Waals surface area contributed by atoms with Crippen LogP contribution >= 0.6 is 0 Å². The van der Waals surface area contributed by atoms with E-state index in [1.165, 1.54) is 24.0 Å². The third kappa shape index (κ3) is 5.04. The van der Waals surface area contributed by atoms with Gasteiger partial charge in [-0.25, -0.2) is 13.1 Å². The second kappa shape index (κ2) is 8.13. The third-order valence-corrected chi connectivity index (χ3v) is 4.82. The Kier molecular flexibility index (Phi) is 6.16. The number of amides is 1. The summed E-state index contributed by atoms with van der Waals surface area (Å²) in [5.41, 5.74) is 0. The molecule has 0 saturated heterocycles. The summed E-state index contributed by atoms with van der Waals surface area (Å²) in [6, 6.07) is 7.74. The lowest BCUT2D eigenvalue weighted by atomic mass is 10.3. The Labute approximate surface area is 146 Å². The van der Waals surface area contributed by atoms with Crippen molar-refractivity contribution in [2.45, 2.75) is 25.7 Å². The maximum atomic E-state index is 12.3. The summed E-state index contributed by atoms with van der Waals surface area (Å²) in [5.74, 6) is 1.26. The lowest BCUT2D eigenvalue weighted by molar-refractivity contribution is -0.116. The second-order valence-corrected chi connectivity index (χ2v) is 7.04. The summed E-state index contributed by atoms with van der Waals surface area (Å²) in [6.45, 7) is 5.63. The lowest BCUT2D eigenvalue weighted by Gasteiger charge is -2.17. The number of anilines is 1. The van der Waals surface area contributed by atoms with Gasteiger partial charge in [0.2, 0.25) is 15.9 Å². The van der Waals surface area contributed by atoms with Crippen LogP contribution in [0.4, 0.5) is 5.82 Å². The minimum atomic E-state index is -3.68. The molecule has 2 rings (SSSR count). The maximum Gasteiger partial charge on any atom is 0.240 e. The highest BCUT2D eigenvalue weighted by molar-refractivity contribution is 7.89. The van der Waals surface area contributed by atoms with E-state index in [9.17, 15) is 13.2 Å². The second-order valence-electron chi connectivity index (χ2n) is 5.27. The van der Waals surface area contributed by atoms with Crippen molar-refractivity contribution in [3.8, 4) is 5.75 Å². The number of hydrogen-bond donors (Lipinski definition) is 1. The highest BCUT2D eigenvalue weighted by Crippen LogP contribution is 2.16. The largest absolute Gasteiger partial charge is 0.494 e. The topological polar surface area (TPSA) is 102 Å². The Morgan fingerprint density at radius 3 is 2.52 bits per heavy atom. The molecule has 0 atom stereocenters. The van der Waals surface area contributed by atoms with E-state index in [1.807, 2.05) is 6.92 Å². The van der Waals surface area contributed by atoms with Gasteiger partial charge in [0.15, 0.2) is 5.82 Å². The maximum absolute atomic E-state index is 12.3. The smallest absolute Gasteiger partial charge is 0.240 e. The van der Waals surface area contributed by atoms with Gasteiger partial charge in [-0.2, -0.15) is 0 Å². The number of sulfonamides is 1. The quantitative estimate of drug-likeness (QED) is 0.762. The van der Waals surface area contributed by atoms with Crippen molar-refractivity contribution in [2.24, 2.45) is 0 Å². The molecule has 0 aliphatic carbocycles. The molecule has 0 saturated carbocycles. The van der Waals surface area contributed by atoms with E-state index in [1.54, 1.807) is 25.1 Å². The van der Waals surface area contributed by atoms with Gasteiger partial charge < -0.3 is 9.26 Å². The summed E-state index contributed by atoms with van der Waals surface area (Å²) >= 11 is 0. The van der Waals surface area contributed by atoms with Gasteiger partial charge in [0, 0.05) is 26.1 Å². The first-order valence-electron chi connectivity index (χ1n) is 7.77. The standard InChI is InChI=1S/C16H21N3O5S/c1-4-23-14-5-7-15(8-6-14)25(21,22)17-9-10-19(13(3)20)16-11-12(2)24-18-16/h5-8,11,17H,4,9-10H2,1-3H3. The van der Waals surface area contributed by atoms with Crippen LogP contribution in [0.25, 0.3) is 0 Å². The van der Waals surface area contributed by atoms with E-state index in [2.05, 4.69) is 9.88 Å². The van der Waals surface area contributed by atoms with Crippen LogP contribution in [0.3, 0.4) is 0 Å². The van der Waals surface area contributed by atoms with Crippen LogP contribution in [0.2, 0.25) is 0 Å². The third-order valence-electron chi connectivity index (χ3n) is 3.34. The first-order valence-corrected chi connectivity index (χ1v) is 9.25. The number of aromatic nitrogens is 1. The average molecular weight is 367 g/mol. The number of aryl methyl sites for hydroxylation is 1. The van der Waals surface area contributed by atoms with E-state index < -0.39 is 10.0 Å². The minimum absolute atomic E-state index is 0.0427. The Balaban J connectivity index is 1.99. The molecule has 0 aliphatic rings. The van der Waals surface area contributed by atoms with Gasteiger partial charge in [-0.15, -0.1) is 0 Å². The number of hydrogen-bond acceptors (Lipinski definition) is 6. The molecule has 8 nitrogen and oxygen atoms in total. The molecule has 1 N–H and O–H groups in total. The first-order chi connectivity index (χ1) is 11.8. The van der Waals surface area contributed by atoms with Crippen LogP contribution in [0.5, 0.6) is 5.75 Å². The predicted octanol–water partition coefficient (Wildman–Crippen LogP) is 1.71. The van der Waals surface area contributed by atoms with Crippen LogP contribution in [-0.2, 0) is 14.8 Å². The van der Waals surface area contributed by atoms with E-state index in [-0.39, 0.29) is 23.9 Å². The number of nitrogens with one attached hydrogen (secondary N) is 1. The van der Waals surface area contributed by atoms with Gasteiger partial charge >= 0.3 is 0 Å². The molecule has 9 heteroatoms. The van der Waals surface area contributed by atoms with Gasteiger partial charge in [0.05, 0.1) is 11.5 Å². The SMILES string of the molecule is CCOc1ccc(S(=O)(=O)NCCN(C(C)=O)c2cc(C)on2)cc1. The summed E-state index contributed by atoms with van der Waals surface area (Å²) < 4.78 is 37.3. The monoisotopic (exact) mass is 367 g/mol. The van der Waals surface area contributed by atoms with Crippen molar-refractivity contribution in [2.75, 3.05) is 24.6 Å². The number of carbonyl (C=O) groups is 1. The molecular formula is C16H21N3O5S. The molecule has 136 valence electrons.